The number of nitrogens with one attached hydrogen (secondary N) is 1. The van der Waals surface area contributed by atoms with Crippen molar-refractivity contribution in [3.8, 4) is 0 Å². The van der Waals surface area contributed by atoms with E-state index in [-0.39, 0.29) is 16.3 Å². The highest BCUT2D eigenvalue weighted by atomic mass is 32.2. The molecule has 1 atom stereocenters. The first kappa shape index (κ1) is 14.1. The summed E-state index contributed by atoms with van der Waals surface area (Å²) in [5, 5.41) is 0. The van der Waals surface area contributed by atoms with Crippen LogP contribution in [0.5, 0.6) is 0 Å². The van der Waals surface area contributed by atoms with Gasteiger partial charge in [0, 0.05) is 0 Å². The molecule has 96 valence electrons. The van der Waals surface area contributed by atoms with Crippen LogP contribution in [0.25, 0.3) is 0 Å². The lowest BCUT2D eigenvalue weighted by molar-refractivity contribution is 0.562. The summed E-state index contributed by atoms with van der Waals surface area (Å²) in [6.07, 6.45) is 0.412. The largest absolute Gasteiger partial charge is 0.302 e. The van der Waals surface area contributed by atoms with Crippen LogP contribution < -0.4 is 4.72 Å². The molecule has 0 radical (unpaired) electrons. The van der Waals surface area contributed by atoms with Gasteiger partial charge in [0.05, 0.1) is 16.3 Å². The minimum Gasteiger partial charge on any atom is -0.302 e. The summed E-state index contributed by atoms with van der Waals surface area (Å²) in [4.78, 5) is -0.124. The predicted octanol–water partition coefficient (Wildman–Crippen LogP) is 1.56. The molecule has 0 aliphatic heterocycles. The first-order valence-corrected chi connectivity index (χ1v) is 7.52. The molecule has 0 aliphatic rings. The van der Waals surface area contributed by atoms with Gasteiger partial charge in [0.1, 0.15) is 5.82 Å². The minimum atomic E-state index is -3.57. The van der Waals surface area contributed by atoms with Gasteiger partial charge in [0.25, 0.3) is 0 Å². The van der Waals surface area contributed by atoms with E-state index in [1.54, 1.807) is 6.92 Å². The van der Waals surface area contributed by atoms with Crippen LogP contribution in [0.3, 0.4) is 0 Å². The Labute approximate surface area is 101 Å². The number of hydrogen-bond acceptors (Lipinski definition) is 3. The average Bonchev–Trinajstić information content (AvgIpc) is 2.20. The van der Waals surface area contributed by atoms with Crippen molar-refractivity contribution in [1.82, 2.24) is 0 Å². The molecule has 1 aromatic carbocycles. The van der Waals surface area contributed by atoms with Gasteiger partial charge in [0.2, 0.25) is 10.0 Å². The number of rotatable bonds is 5. The monoisotopic (exact) mass is 281 g/mol. The molecule has 1 rings (SSSR count). The quantitative estimate of drug-likeness (QED) is 0.802. The van der Waals surface area contributed by atoms with Crippen LogP contribution in [0.15, 0.2) is 23.1 Å². The van der Waals surface area contributed by atoms with E-state index in [0.717, 1.165) is 12.1 Å². The van der Waals surface area contributed by atoms with Crippen molar-refractivity contribution in [3.63, 3.8) is 0 Å². The molecule has 0 spiro atoms. The minimum absolute atomic E-state index is 0.111. The maximum Gasteiger partial charge on any atom is 0.232 e. The van der Waals surface area contributed by atoms with Crippen molar-refractivity contribution >= 4 is 26.8 Å². The maximum absolute atomic E-state index is 13.4. The van der Waals surface area contributed by atoms with Crippen molar-refractivity contribution in [2.45, 2.75) is 18.2 Å². The van der Waals surface area contributed by atoms with Crippen molar-refractivity contribution in [1.29, 1.82) is 0 Å². The van der Waals surface area contributed by atoms with Gasteiger partial charge in [-0.05, 0) is 24.6 Å². The summed E-state index contributed by atoms with van der Waals surface area (Å²) in [5.41, 5.74) is -0.229. The first-order valence-electron chi connectivity index (χ1n) is 4.76. The smallest absolute Gasteiger partial charge is 0.232 e. The molecule has 0 amide bonds. The second kappa shape index (κ2) is 5.56. The van der Waals surface area contributed by atoms with Crippen LogP contribution in [-0.4, -0.2) is 22.9 Å². The zero-order chi connectivity index (χ0) is 13.1. The molecule has 17 heavy (non-hydrogen) atoms. The fourth-order valence-corrected chi connectivity index (χ4v) is 2.70. The summed E-state index contributed by atoms with van der Waals surface area (Å²) in [7, 11) is -3.57. The second-order valence-electron chi connectivity index (χ2n) is 3.31. The maximum atomic E-state index is 13.4. The third-order valence-corrected chi connectivity index (χ3v) is 4.01. The molecule has 2 N–H and O–H groups in total. The normalized spacial score (nSPS) is 13.4. The van der Waals surface area contributed by atoms with Gasteiger partial charge < -0.3 is 4.55 Å². The van der Waals surface area contributed by atoms with E-state index in [4.69, 9.17) is 4.55 Å². The van der Waals surface area contributed by atoms with Crippen molar-refractivity contribution < 1.29 is 21.6 Å². The van der Waals surface area contributed by atoms with Gasteiger partial charge in [-0.2, -0.15) is 0 Å². The molecule has 0 aliphatic carbocycles. The van der Waals surface area contributed by atoms with Crippen LogP contribution in [-0.2, 0) is 21.1 Å². The Hall–Kier alpha value is -0.990. The molecule has 0 bridgehead atoms. The van der Waals surface area contributed by atoms with Crippen LogP contribution >= 0.6 is 0 Å². The predicted molar refractivity (Wildman–Crippen MR) is 63.1 cm³/mol. The number of sulfonamides is 1. The van der Waals surface area contributed by atoms with Gasteiger partial charge in [-0.15, -0.1) is 0 Å². The third kappa shape index (κ3) is 4.06. The average molecular weight is 281 g/mol. The van der Waals surface area contributed by atoms with E-state index in [0.29, 0.717) is 6.42 Å². The van der Waals surface area contributed by atoms with Crippen molar-refractivity contribution in [3.05, 3.63) is 24.0 Å². The highest BCUT2D eigenvalue weighted by Gasteiger charge is 2.13. The van der Waals surface area contributed by atoms with Crippen LogP contribution in [0.2, 0.25) is 0 Å². The molecule has 0 saturated heterocycles. The van der Waals surface area contributed by atoms with E-state index in [1.807, 2.05) is 0 Å². The molecule has 0 fully saturated rings. The summed E-state index contributed by atoms with van der Waals surface area (Å²) in [6.45, 7) is 1.69. The van der Waals surface area contributed by atoms with Gasteiger partial charge in [0.15, 0.2) is 11.1 Å². The van der Waals surface area contributed by atoms with Gasteiger partial charge in [-0.3, -0.25) is 4.72 Å². The Kier molecular flexibility index (Phi) is 4.61. The highest BCUT2D eigenvalue weighted by Crippen LogP contribution is 2.18. The second-order valence-corrected chi connectivity index (χ2v) is 6.12. The lowest BCUT2D eigenvalue weighted by Gasteiger charge is -2.08. The van der Waals surface area contributed by atoms with E-state index < -0.39 is 26.9 Å². The Bertz CT molecular complexity index is 530. The van der Waals surface area contributed by atoms with Crippen LogP contribution in [0, 0.1) is 5.82 Å². The standard InChI is InChI=1S/C9H12FNO4S2/c1-2-5-17(14,15)11-9-4-3-7(16(12)13)6-8(9)10/h3-4,6,11H,2,5H2,1H3,(H,12,13). The Morgan fingerprint density at radius 2 is 2.12 bits per heavy atom. The van der Waals surface area contributed by atoms with E-state index in [1.165, 1.54) is 6.07 Å². The summed E-state index contributed by atoms with van der Waals surface area (Å²) < 4.78 is 57.6. The van der Waals surface area contributed by atoms with Gasteiger partial charge in [-0.1, -0.05) is 6.92 Å². The number of hydrogen-bond donors (Lipinski definition) is 2. The van der Waals surface area contributed by atoms with E-state index in [9.17, 15) is 17.0 Å². The Morgan fingerprint density at radius 1 is 1.47 bits per heavy atom. The Balaban J connectivity index is 2.98. The fraction of sp³-hybridized carbons (Fsp3) is 0.333. The molecular formula is C9H12FNO4S2. The van der Waals surface area contributed by atoms with Crippen molar-refractivity contribution in [2.24, 2.45) is 0 Å². The SMILES string of the molecule is CCCS(=O)(=O)Nc1ccc(S(=O)O)cc1F. The highest BCUT2D eigenvalue weighted by molar-refractivity contribution is 7.92. The zero-order valence-electron chi connectivity index (χ0n) is 9.01. The third-order valence-electron chi connectivity index (χ3n) is 1.88. The summed E-state index contributed by atoms with van der Waals surface area (Å²) in [6, 6.07) is 3.12. The van der Waals surface area contributed by atoms with Crippen molar-refractivity contribution in [2.75, 3.05) is 10.5 Å². The topological polar surface area (TPSA) is 83.5 Å². The number of halogens is 1. The lowest BCUT2D eigenvalue weighted by atomic mass is 10.3. The van der Waals surface area contributed by atoms with Crippen LogP contribution in [0.4, 0.5) is 10.1 Å². The fourth-order valence-electron chi connectivity index (χ4n) is 1.17. The van der Waals surface area contributed by atoms with Gasteiger partial charge in [-0.25, -0.2) is 17.0 Å². The molecule has 1 aromatic rings. The summed E-state index contributed by atoms with van der Waals surface area (Å²) in [5.74, 6) is -0.996. The number of anilines is 1. The Morgan fingerprint density at radius 3 is 2.59 bits per heavy atom. The molecule has 0 aromatic heterocycles. The van der Waals surface area contributed by atoms with E-state index in [2.05, 4.69) is 4.72 Å². The molecule has 0 saturated carbocycles. The zero-order valence-corrected chi connectivity index (χ0v) is 10.6. The molecule has 5 nitrogen and oxygen atoms in total. The molecular weight excluding hydrogens is 269 g/mol. The van der Waals surface area contributed by atoms with Gasteiger partial charge >= 0.3 is 0 Å². The molecule has 1 unspecified atom stereocenters. The van der Waals surface area contributed by atoms with Crippen LogP contribution in [0.1, 0.15) is 13.3 Å². The lowest BCUT2D eigenvalue weighted by Crippen LogP contribution is -2.17. The first-order chi connectivity index (χ1) is 7.85. The van der Waals surface area contributed by atoms with E-state index >= 15 is 0 Å². The number of benzene rings is 1. The molecule has 0 heterocycles. The molecule has 8 heteroatoms. The summed E-state index contributed by atoms with van der Waals surface area (Å²) >= 11 is -2.29.